The summed E-state index contributed by atoms with van der Waals surface area (Å²) in [6.07, 6.45) is 5.80. The zero-order chi connectivity index (χ0) is 13.9. The lowest BCUT2D eigenvalue weighted by molar-refractivity contribution is 0.392. The van der Waals surface area contributed by atoms with Crippen molar-refractivity contribution in [3.05, 3.63) is 42.0 Å². The molecule has 0 saturated heterocycles. The zero-order valence-electron chi connectivity index (χ0n) is 11.4. The fourth-order valence-electron chi connectivity index (χ4n) is 1.86. The van der Waals surface area contributed by atoms with Gasteiger partial charge in [0.15, 0.2) is 0 Å². The van der Waals surface area contributed by atoms with Crippen molar-refractivity contribution >= 4 is 16.3 Å². The van der Waals surface area contributed by atoms with Crippen molar-refractivity contribution in [1.29, 1.82) is 0 Å². The summed E-state index contributed by atoms with van der Waals surface area (Å²) in [5.74, 6) is 0. The second-order valence-corrected chi connectivity index (χ2v) is 7.00. The first-order valence-corrected chi connectivity index (χ1v) is 7.82. The van der Waals surface area contributed by atoms with Crippen molar-refractivity contribution in [2.75, 3.05) is 20.6 Å². The van der Waals surface area contributed by atoms with Crippen molar-refractivity contribution < 1.29 is 8.42 Å². The second-order valence-electron chi connectivity index (χ2n) is 4.90. The highest BCUT2D eigenvalue weighted by molar-refractivity contribution is 7.86. The standard InChI is InChI=1S/C14H20N2O2S/c1-15(2)19(17,18)16(14-10-11-14)12-6-9-13-7-4-3-5-8-13/h3-9,14H,10-12H2,1-2H3/b9-6+. The normalized spacial score (nSPS) is 16.6. The molecule has 1 fully saturated rings. The summed E-state index contributed by atoms with van der Waals surface area (Å²) < 4.78 is 27.2. The molecule has 1 saturated carbocycles. The van der Waals surface area contributed by atoms with Crippen LogP contribution in [0.5, 0.6) is 0 Å². The summed E-state index contributed by atoms with van der Waals surface area (Å²) in [6, 6.07) is 10.1. The molecular formula is C14H20N2O2S. The highest BCUT2D eigenvalue weighted by atomic mass is 32.2. The Balaban J connectivity index is 2.05. The molecule has 0 unspecified atom stereocenters. The number of hydrogen-bond donors (Lipinski definition) is 0. The van der Waals surface area contributed by atoms with Gasteiger partial charge in [-0.3, -0.25) is 0 Å². The SMILES string of the molecule is CN(C)S(=O)(=O)N(C/C=C/c1ccccc1)C1CC1. The molecule has 104 valence electrons. The molecule has 0 bridgehead atoms. The van der Waals surface area contributed by atoms with Gasteiger partial charge in [-0.2, -0.15) is 17.0 Å². The molecule has 1 aliphatic rings. The van der Waals surface area contributed by atoms with E-state index in [1.165, 1.54) is 4.31 Å². The third kappa shape index (κ3) is 3.65. The van der Waals surface area contributed by atoms with E-state index in [0.29, 0.717) is 6.54 Å². The third-order valence-electron chi connectivity index (χ3n) is 3.11. The number of hydrogen-bond acceptors (Lipinski definition) is 2. The molecule has 1 aliphatic carbocycles. The van der Waals surface area contributed by atoms with Gasteiger partial charge in [-0.05, 0) is 18.4 Å². The third-order valence-corrected chi connectivity index (χ3v) is 5.07. The van der Waals surface area contributed by atoms with Gasteiger partial charge in [-0.15, -0.1) is 0 Å². The Kier molecular flexibility index (Phi) is 4.39. The zero-order valence-corrected chi connectivity index (χ0v) is 12.2. The van der Waals surface area contributed by atoms with Crippen LogP contribution >= 0.6 is 0 Å². The Hall–Kier alpha value is -1.17. The highest BCUT2D eigenvalue weighted by Crippen LogP contribution is 2.29. The van der Waals surface area contributed by atoms with Gasteiger partial charge in [0.2, 0.25) is 0 Å². The van der Waals surface area contributed by atoms with E-state index in [9.17, 15) is 8.42 Å². The van der Waals surface area contributed by atoms with Gasteiger partial charge in [0.05, 0.1) is 0 Å². The molecule has 5 heteroatoms. The molecule has 0 aromatic heterocycles. The maximum absolute atomic E-state index is 12.2. The Morgan fingerprint density at radius 1 is 1.21 bits per heavy atom. The molecule has 0 heterocycles. The number of benzene rings is 1. The molecule has 4 nitrogen and oxygen atoms in total. The van der Waals surface area contributed by atoms with Crippen molar-refractivity contribution in [3.8, 4) is 0 Å². The summed E-state index contributed by atoms with van der Waals surface area (Å²) in [5.41, 5.74) is 1.08. The van der Waals surface area contributed by atoms with Gasteiger partial charge in [-0.1, -0.05) is 42.5 Å². The van der Waals surface area contributed by atoms with Crippen LogP contribution in [0.1, 0.15) is 18.4 Å². The monoisotopic (exact) mass is 280 g/mol. The van der Waals surface area contributed by atoms with E-state index in [4.69, 9.17) is 0 Å². The van der Waals surface area contributed by atoms with E-state index >= 15 is 0 Å². The molecule has 2 rings (SSSR count). The van der Waals surface area contributed by atoms with Gasteiger partial charge in [0.1, 0.15) is 0 Å². The summed E-state index contributed by atoms with van der Waals surface area (Å²) in [5, 5.41) is 0. The predicted octanol–water partition coefficient (Wildman–Crippen LogP) is 1.97. The van der Waals surface area contributed by atoms with Crippen molar-refractivity contribution in [2.45, 2.75) is 18.9 Å². The molecule has 1 aromatic carbocycles. The quantitative estimate of drug-likeness (QED) is 0.799. The first kappa shape index (κ1) is 14.2. The van der Waals surface area contributed by atoms with E-state index in [-0.39, 0.29) is 6.04 Å². The van der Waals surface area contributed by atoms with Crippen molar-refractivity contribution in [2.24, 2.45) is 0 Å². The summed E-state index contributed by atoms with van der Waals surface area (Å²) in [7, 11) is -0.165. The molecule has 0 N–H and O–H groups in total. The summed E-state index contributed by atoms with van der Waals surface area (Å²) in [4.78, 5) is 0. The van der Waals surface area contributed by atoms with Crippen LogP contribution in [0.3, 0.4) is 0 Å². The van der Waals surface area contributed by atoms with Crippen LogP contribution < -0.4 is 0 Å². The minimum absolute atomic E-state index is 0.174. The molecule has 1 aromatic rings. The lowest BCUT2D eigenvalue weighted by Gasteiger charge is -2.24. The topological polar surface area (TPSA) is 40.6 Å². The maximum atomic E-state index is 12.2. The van der Waals surface area contributed by atoms with Gasteiger partial charge in [0, 0.05) is 26.7 Å². The average molecular weight is 280 g/mol. The maximum Gasteiger partial charge on any atom is 0.282 e. The minimum Gasteiger partial charge on any atom is -0.195 e. The highest BCUT2D eigenvalue weighted by Gasteiger charge is 2.37. The Labute approximate surface area is 115 Å². The Morgan fingerprint density at radius 2 is 1.84 bits per heavy atom. The Morgan fingerprint density at radius 3 is 2.37 bits per heavy atom. The molecule has 0 radical (unpaired) electrons. The second kappa shape index (κ2) is 5.86. The minimum atomic E-state index is -3.31. The van der Waals surface area contributed by atoms with Crippen LogP contribution in [0, 0.1) is 0 Å². The largest absolute Gasteiger partial charge is 0.282 e. The lowest BCUT2D eigenvalue weighted by Crippen LogP contribution is -2.41. The van der Waals surface area contributed by atoms with Gasteiger partial charge in [0.25, 0.3) is 10.2 Å². The fourth-order valence-corrected chi connectivity index (χ4v) is 3.14. The molecule has 0 atom stereocenters. The first-order chi connectivity index (χ1) is 9.01. The smallest absolute Gasteiger partial charge is 0.195 e. The summed E-state index contributed by atoms with van der Waals surface area (Å²) in [6.45, 7) is 0.431. The van der Waals surface area contributed by atoms with E-state index in [0.717, 1.165) is 18.4 Å². The fraction of sp³-hybridized carbons (Fsp3) is 0.429. The van der Waals surface area contributed by atoms with E-state index in [1.54, 1.807) is 18.4 Å². The van der Waals surface area contributed by atoms with Crippen LogP contribution in [0.25, 0.3) is 6.08 Å². The predicted molar refractivity (Wildman–Crippen MR) is 77.8 cm³/mol. The molecule has 19 heavy (non-hydrogen) atoms. The van der Waals surface area contributed by atoms with Crippen LogP contribution in [0.2, 0.25) is 0 Å². The first-order valence-electron chi connectivity index (χ1n) is 6.42. The van der Waals surface area contributed by atoms with Crippen molar-refractivity contribution in [3.63, 3.8) is 0 Å². The number of rotatable bonds is 6. The van der Waals surface area contributed by atoms with Crippen molar-refractivity contribution in [1.82, 2.24) is 8.61 Å². The number of nitrogens with zero attached hydrogens (tertiary/aromatic N) is 2. The van der Waals surface area contributed by atoms with E-state index in [1.807, 2.05) is 42.5 Å². The molecule has 0 amide bonds. The van der Waals surface area contributed by atoms with Gasteiger partial charge in [-0.25, -0.2) is 0 Å². The summed E-state index contributed by atoms with van der Waals surface area (Å²) >= 11 is 0. The van der Waals surface area contributed by atoms with Crippen LogP contribution in [0.15, 0.2) is 36.4 Å². The van der Waals surface area contributed by atoms with Crippen LogP contribution in [-0.2, 0) is 10.2 Å². The van der Waals surface area contributed by atoms with Gasteiger partial charge >= 0.3 is 0 Å². The van der Waals surface area contributed by atoms with Crippen LogP contribution in [0.4, 0.5) is 0 Å². The van der Waals surface area contributed by atoms with Crippen LogP contribution in [-0.4, -0.2) is 43.7 Å². The van der Waals surface area contributed by atoms with Gasteiger partial charge < -0.3 is 0 Å². The van der Waals surface area contributed by atoms with E-state index < -0.39 is 10.2 Å². The molecular weight excluding hydrogens is 260 g/mol. The average Bonchev–Trinajstić information content (AvgIpc) is 3.19. The van der Waals surface area contributed by atoms with E-state index in [2.05, 4.69) is 0 Å². The Bertz CT molecular complexity index is 534. The lowest BCUT2D eigenvalue weighted by atomic mass is 10.2. The molecule has 0 spiro atoms. The molecule has 0 aliphatic heterocycles.